The van der Waals surface area contributed by atoms with Crippen LogP contribution in [0.5, 0.6) is 0 Å². The van der Waals surface area contributed by atoms with E-state index in [1.54, 1.807) is 0 Å². The number of aliphatic hydroxyl groups is 1. The first kappa shape index (κ1) is 27.9. The molecule has 0 heterocycles. The quantitative estimate of drug-likeness (QED) is 0.154. The second kappa shape index (κ2) is 18.9. The molecule has 0 aliphatic carbocycles. The Labute approximate surface area is 175 Å². The molecule has 0 aromatic heterocycles. The summed E-state index contributed by atoms with van der Waals surface area (Å²) in [5, 5.41) is 9.44. The van der Waals surface area contributed by atoms with E-state index in [0.29, 0.717) is 19.3 Å². The molecule has 0 bridgehead atoms. The van der Waals surface area contributed by atoms with Crippen molar-refractivity contribution in [2.75, 3.05) is 0 Å². The average molecular weight is 421 g/mol. The molecule has 28 heavy (non-hydrogen) atoms. The molecule has 0 spiro atoms. The van der Waals surface area contributed by atoms with Crippen molar-refractivity contribution in [3.8, 4) is 0 Å². The Morgan fingerprint density at radius 3 is 1.39 bits per heavy atom. The third kappa shape index (κ3) is 17.9. The largest absolute Gasteiger partial charge is 0.393 e. The van der Waals surface area contributed by atoms with Gasteiger partial charge in [-0.25, -0.2) is 0 Å². The molecule has 0 saturated carbocycles. The van der Waals surface area contributed by atoms with Crippen molar-refractivity contribution in [1.82, 2.24) is 0 Å². The van der Waals surface area contributed by atoms with Crippen LogP contribution < -0.4 is 0 Å². The maximum Gasteiger partial charge on any atom is 0.267 e. The highest BCUT2D eigenvalue weighted by molar-refractivity contribution is 7.86. The lowest BCUT2D eigenvalue weighted by Crippen LogP contribution is -2.22. The third-order valence-corrected chi connectivity index (χ3v) is 7.08. The fourth-order valence-electron chi connectivity index (χ4n) is 3.81. The molecule has 0 radical (unpaired) electrons. The Morgan fingerprint density at radius 2 is 0.964 bits per heavy atom. The van der Waals surface area contributed by atoms with Gasteiger partial charge in [0.05, 0.1) is 11.4 Å². The standard InChI is InChI=1S/C23H48O4S/c1-3-5-7-9-11-12-13-14-16-18-22(24)20-21-23(28(25,26)27)19-17-15-10-8-6-4-2/h22-24H,3-21H2,1-2H3,(H,25,26,27). The summed E-state index contributed by atoms with van der Waals surface area (Å²) < 4.78 is 32.7. The van der Waals surface area contributed by atoms with Gasteiger partial charge in [-0.15, -0.1) is 0 Å². The first-order valence-corrected chi connectivity index (χ1v) is 13.6. The molecule has 4 nitrogen and oxygen atoms in total. The molecule has 0 aromatic carbocycles. The molecule has 0 aliphatic rings. The topological polar surface area (TPSA) is 74.6 Å². The minimum atomic E-state index is -4.01. The highest BCUT2D eigenvalue weighted by atomic mass is 32.2. The fraction of sp³-hybridized carbons (Fsp3) is 1.00. The number of rotatable bonds is 21. The lowest BCUT2D eigenvalue weighted by molar-refractivity contribution is 0.147. The van der Waals surface area contributed by atoms with Gasteiger partial charge in [-0.05, 0) is 25.7 Å². The van der Waals surface area contributed by atoms with Gasteiger partial charge in [0.2, 0.25) is 0 Å². The molecule has 2 unspecified atom stereocenters. The molecule has 2 atom stereocenters. The summed E-state index contributed by atoms with van der Waals surface area (Å²) in [7, 11) is -4.01. The smallest absolute Gasteiger partial charge is 0.267 e. The zero-order valence-corrected chi connectivity index (χ0v) is 19.5. The molecular formula is C23H48O4S. The summed E-state index contributed by atoms with van der Waals surface area (Å²) in [4.78, 5) is 0. The second-order valence-electron chi connectivity index (χ2n) is 8.54. The van der Waals surface area contributed by atoms with Crippen LogP contribution in [0.15, 0.2) is 0 Å². The minimum absolute atomic E-state index is 0.367. The zero-order chi connectivity index (χ0) is 21.1. The van der Waals surface area contributed by atoms with Crippen molar-refractivity contribution in [3.63, 3.8) is 0 Å². The van der Waals surface area contributed by atoms with Crippen LogP contribution in [-0.4, -0.2) is 29.4 Å². The van der Waals surface area contributed by atoms with Crippen LogP contribution in [0.25, 0.3) is 0 Å². The molecule has 0 aromatic rings. The summed E-state index contributed by atoms with van der Waals surface area (Å²) in [6.07, 6.45) is 19.5. The number of aliphatic hydroxyl groups excluding tert-OH is 1. The summed E-state index contributed by atoms with van der Waals surface area (Å²) in [5.74, 6) is 0. The van der Waals surface area contributed by atoms with Crippen LogP contribution in [0.3, 0.4) is 0 Å². The van der Waals surface area contributed by atoms with E-state index in [2.05, 4.69) is 13.8 Å². The van der Waals surface area contributed by atoms with Crippen LogP contribution in [0.1, 0.15) is 136 Å². The van der Waals surface area contributed by atoms with E-state index < -0.39 is 21.5 Å². The second-order valence-corrected chi connectivity index (χ2v) is 10.2. The van der Waals surface area contributed by atoms with Gasteiger partial charge in [-0.2, -0.15) is 8.42 Å². The van der Waals surface area contributed by atoms with Crippen molar-refractivity contribution in [2.45, 2.75) is 147 Å². The van der Waals surface area contributed by atoms with E-state index in [-0.39, 0.29) is 0 Å². The molecule has 0 aliphatic heterocycles. The monoisotopic (exact) mass is 420 g/mol. The molecule has 170 valence electrons. The van der Waals surface area contributed by atoms with E-state index in [9.17, 15) is 18.1 Å². The Bertz CT molecular complexity index is 422. The van der Waals surface area contributed by atoms with Crippen LogP contribution in [0, 0.1) is 0 Å². The molecule has 5 heteroatoms. The SMILES string of the molecule is CCCCCCCCCCCC(O)CCC(CCCCCCCC)S(=O)(=O)O. The van der Waals surface area contributed by atoms with Crippen molar-refractivity contribution in [2.24, 2.45) is 0 Å². The van der Waals surface area contributed by atoms with Gasteiger partial charge in [-0.3, -0.25) is 4.55 Å². The molecule has 0 saturated heterocycles. The molecule has 2 N–H and O–H groups in total. The highest BCUT2D eigenvalue weighted by Crippen LogP contribution is 2.20. The minimum Gasteiger partial charge on any atom is -0.393 e. The van der Waals surface area contributed by atoms with E-state index in [1.165, 1.54) is 64.2 Å². The summed E-state index contributed by atoms with van der Waals surface area (Å²) >= 11 is 0. The van der Waals surface area contributed by atoms with E-state index in [0.717, 1.165) is 38.5 Å². The van der Waals surface area contributed by atoms with E-state index in [4.69, 9.17) is 0 Å². The fourth-order valence-corrected chi connectivity index (χ4v) is 4.71. The third-order valence-electron chi connectivity index (χ3n) is 5.76. The molecule has 0 amide bonds. The maximum absolute atomic E-state index is 11.6. The highest BCUT2D eigenvalue weighted by Gasteiger charge is 2.23. The number of hydrogen-bond acceptors (Lipinski definition) is 3. The van der Waals surface area contributed by atoms with Crippen LogP contribution in [-0.2, 0) is 10.1 Å². The normalized spacial score (nSPS) is 14.3. The number of unbranched alkanes of at least 4 members (excludes halogenated alkanes) is 13. The number of hydrogen-bond donors (Lipinski definition) is 2. The van der Waals surface area contributed by atoms with Crippen molar-refractivity contribution < 1.29 is 18.1 Å². The van der Waals surface area contributed by atoms with Crippen LogP contribution >= 0.6 is 0 Å². The van der Waals surface area contributed by atoms with Crippen molar-refractivity contribution in [3.05, 3.63) is 0 Å². The van der Waals surface area contributed by atoms with E-state index in [1.807, 2.05) is 0 Å². The van der Waals surface area contributed by atoms with Gasteiger partial charge >= 0.3 is 0 Å². The maximum atomic E-state index is 11.6. The van der Waals surface area contributed by atoms with Crippen LogP contribution in [0.2, 0.25) is 0 Å². The summed E-state index contributed by atoms with van der Waals surface area (Å²) in [6, 6.07) is 0. The van der Waals surface area contributed by atoms with E-state index >= 15 is 0 Å². The predicted molar refractivity (Wildman–Crippen MR) is 120 cm³/mol. The van der Waals surface area contributed by atoms with Gasteiger partial charge in [0.15, 0.2) is 0 Å². The van der Waals surface area contributed by atoms with Gasteiger partial charge in [0.1, 0.15) is 0 Å². The Hall–Kier alpha value is -0.130. The van der Waals surface area contributed by atoms with Gasteiger partial charge in [-0.1, -0.05) is 110 Å². The Balaban J connectivity index is 3.80. The van der Waals surface area contributed by atoms with Gasteiger partial charge in [0, 0.05) is 0 Å². The van der Waals surface area contributed by atoms with Gasteiger partial charge in [0.25, 0.3) is 10.1 Å². The Kier molecular flexibility index (Phi) is 18.8. The summed E-state index contributed by atoms with van der Waals surface area (Å²) in [6.45, 7) is 4.41. The van der Waals surface area contributed by atoms with Crippen molar-refractivity contribution >= 4 is 10.1 Å². The summed E-state index contributed by atoms with van der Waals surface area (Å²) in [5.41, 5.74) is 0. The first-order valence-electron chi connectivity index (χ1n) is 12.1. The molecular weight excluding hydrogens is 372 g/mol. The zero-order valence-electron chi connectivity index (χ0n) is 18.7. The predicted octanol–water partition coefficient (Wildman–Crippen LogP) is 7.06. The van der Waals surface area contributed by atoms with Gasteiger partial charge < -0.3 is 5.11 Å². The molecule has 0 fully saturated rings. The Morgan fingerprint density at radius 1 is 0.571 bits per heavy atom. The lowest BCUT2D eigenvalue weighted by Gasteiger charge is -2.16. The average Bonchev–Trinajstić information content (AvgIpc) is 2.64. The van der Waals surface area contributed by atoms with Crippen LogP contribution in [0.4, 0.5) is 0 Å². The first-order chi connectivity index (χ1) is 13.4. The lowest BCUT2D eigenvalue weighted by atomic mass is 10.0. The molecule has 0 rings (SSSR count). The van der Waals surface area contributed by atoms with Crippen molar-refractivity contribution in [1.29, 1.82) is 0 Å².